The van der Waals surface area contributed by atoms with Gasteiger partial charge in [-0.1, -0.05) is 0 Å². The standard InChI is InChI=1S/C9H7BrO4S/c1-14-9(13)6(12)4-5(11)7-2-3-8(10)15-7/h2-4,12H,1H3/b6-4-. The summed E-state index contributed by atoms with van der Waals surface area (Å²) in [5.41, 5.74) is 0. The number of allylic oxidation sites excluding steroid dienone is 1. The summed E-state index contributed by atoms with van der Waals surface area (Å²) in [4.78, 5) is 22.6. The minimum Gasteiger partial charge on any atom is -0.502 e. The van der Waals surface area contributed by atoms with E-state index in [2.05, 4.69) is 20.7 Å². The Kier molecular flexibility index (Phi) is 4.05. The van der Waals surface area contributed by atoms with Crippen LogP contribution in [0, 0.1) is 0 Å². The average Bonchev–Trinajstić information content (AvgIpc) is 2.63. The first-order valence-corrected chi connectivity index (χ1v) is 5.44. The molecule has 6 heteroatoms. The lowest BCUT2D eigenvalue weighted by Crippen LogP contribution is -2.06. The summed E-state index contributed by atoms with van der Waals surface area (Å²) in [7, 11) is 1.12. The third-order valence-electron chi connectivity index (χ3n) is 1.48. The first-order valence-electron chi connectivity index (χ1n) is 3.83. The van der Waals surface area contributed by atoms with Crippen LogP contribution in [0.2, 0.25) is 0 Å². The van der Waals surface area contributed by atoms with Crippen molar-refractivity contribution in [2.24, 2.45) is 0 Å². The van der Waals surface area contributed by atoms with Gasteiger partial charge in [-0.2, -0.15) is 0 Å². The first-order chi connectivity index (χ1) is 7.04. The fourth-order valence-electron chi connectivity index (χ4n) is 0.806. The molecule has 0 saturated carbocycles. The van der Waals surface area contributed by atoms with E-state index in [-0.39, 0.29) is 0 Å². The Hall–Kier alpha value is -1.14. The molecular formula is C9H7BrO4S. The van der Waals surface area contributed by atoms with Crippen molar-refractivity contribution >= 4 is 39.0 Å². The molecule has 0 unspecified atom stereocenters. The molecule has 0 fully saturated rings. The predicted molar refractivity (Wildman–Crippen MR) is 59.1 cm³/mol. The van der Waals surface area contributed by atoms with Crippen LogP contribution in [0.15, 0.2) is 27.8 Å². The summed E-state index contributed by atoms with van der Waals surface area (Å²) in [6.45, 7) is 0. The summed E-state index contributed by atoms with van der Waals surface area (Å²) in [5.74, 6) is -2.07. The zero-order valence-corrected chi connectivity index (χ0v) is 10.1. The van der Waals surface area contributed by atoms with E-state index in [4.69, 9.17) is 5.11 Å². The summed E-state index contributed by atoms with van der Waals surface area (Å²) in [6, 6.07) is 3.30. The lowest BCUT2D eigenvalue weighted by molar-refractivity contribution is -0.139. The molecule has 0 amide bonds. The second-order valence-corrected chi connectivity index (χ2v) is 4.95. The third kappa shape index (κ3) is 3.17. The molecule has 0 atom stereocenters. The van der Waals surface area contributed by atoms with Gasteiger partial charge in [-0.05, 0) is 28.1 Å². The van der Waals surface area contributed by atoms with Gasteiger partial charge >= 0.3 is 5.97 Å². The molecule has 0 radical (unpaired) electrons. The van der Waals surface area contributed by atoms with Crippen molar-refractivity contribution in [3.63, 3.8) is 0 Å². The SMILES string of the molecule is COC(=O)/C(O)=C/C(=O)c1ccc(Br)s1. The Bertz CT molecular complexity index is 422. The highest BCUT2D eigenvalue weighted by molar-refractivity contribution is 9.11. The van der Waals surface area contributed by atoms with Gasteiger partial charge in [0.05, 0.1) is 15.8 Å². The van der Waals surface area contributed by atoms with Gasteiger partial charge in [0.25, 0.3) is 0 Å². The molecule has 0 aromatic carbocycles. The Morgan fingerprint density at radius 3 is 2.67 bits per heavy atom. The smallest absolute Gasteiger partial charge is 0.373 e. The van der Waals surface area contributed by atoms with Crippen LogP contribution in [-0.4, -0.2) is 24.0 Å². The van der Waals surface area contributed by atoms with Gasteiger partial charge in [0, 0.05) is 6.08 Å². The summed E-state index contributed by atoms with van der Waals surface area (Å²) < 4.78 is 5.04. The van der Waals surface area contributed by atoms with Gasteiger partial charge in [0.2, 0.25) is 5.76 Å². The summed E-state index contributed by atoms with van der Waals surface area (Å²) in [5, 5.41) is 9.11. The predicted octanol–water partition coefficient (Wildman–Crippen LogP) is 2.31. The second kappa shape index (κ2) is 5.09. The number of methoxy groups -OCH3 is 1. The van der Waals surface area contributed by atoms with Crippen molar-refractivity contribution < 1.29 is 19.4 Å². The van der Waals surface area contributed by atoms with Crippen molar-refractivity contribution in [3.8, 4) is 0 Å². The number of halogens is 1. The van der Waals surface area contributed by atoms with E-state index in [1.165, 1.54) is 11.3 Å². The number of aliphatic hydroxyl groups is 1. The molecule has 0 aliphatic heterocycles. The van der Waals surface area contributed by atoms with Crippen LogP contribution < -0.4 is 0 Å². The number of aliphatic hydroxyl groups excluding tert-OH is 1. The highest BCUT2D eigenvalue weighted by Gasteiger charge is 2.12. The lowest BCUT2D eigenvalue weighted by atomic mass is 10.3. The maximum absolute atomic E-state index is 11.4. The highest BCUT2D eigenvalue weighted by Crippen LogP contribution is 2.22. The highest BCUT2D eigenvalue weighted by atomic mass is 79.9. The molecule has 0 bridgehead atoms. The van der Waals surface area contributed by atoms with Crippen molar-refractivity contribution in [1.29, 1.82) is 0 Å². The van der Waals surface area contributed by atoms with Gasteiger partial charge in [-0.25, -0.2) is 4.79 Å². The second-order valence-electron chi connectivity index (χ2n) is 2.49. The normalized spacial score (nSPS) is 11.2. The average molecular weight is 291 g/mol. The van der Waals surface area contributed by atoms with Crippen molar-refractivity contribution in [3.05, 3.63) is 32.6 Å². The molecule has 1 N–H and O–H groups in total. The largest absolute Gasteiger partial charge is 0.502 e. The Labute approximate surface area is 98.3 Å². The molecule has 0 aliphatic carbocycles. The van der Waals surface area contributed by atoms with E-state index in [1.54, 1.807) is 12.1 Å². The number of ketones is 1. The zero-order valence-electron chi connectivity index (χ0n) is 7.69. The van der Waals surface area contributed by atoms with Crippen LogP contribution in [-0.2, 0) is 9.53 Å². The summed E-state index contributed by atoms with van der Waals surface area (Å²) in [6.07, 6.45) is 0.837. The van der Waals surface area contributed by atoms with Crippen molar-refractivity contribution in [1.82, 2.24) is 0 Å². The summed E-state index contributed by atoms with van der Waals surface area (Å²) >= 11 is 4.42. The topological polar surface area (TPSA) is 63.6 Å². The zero-order chi connectivity index (χ0) is 11.4. The number of hydrogen-bond donors (Lipinski definition) is 1. The number of ether oxygens (including phenoxy) is 1. The van der Waals surface area contributed by atoms with Gasteiger partial charge in [-0.3, -0.25) is 4.79 Å². The number of carbonyl (C=O) groups is 2. The molecule has 0 aliphatic rings. The number of esters is 1. The van der Waals surface area contributed by atoms with E-state index in [1.807, 2.05) is 0 Å². The van der Waals surface area contributed by atoms with E-state index in [9.17, 15) is 9.59 Å². The molecule has 1 aromatic heterocycles. The molecule has 15 heavy (non-hydrogen) atoms. The van der Waals surface area contributed by atoms with E-state index < -0.39 is 17.5 Å². The van der Waals surface area contributed by atoms with E-state index in [0.717, 1.165) is 17.0 Å². The maximum Gasteiger partial charge on any atom is 0.373 e. The van der Waals surface area contributed by atoms with Crippen LogP contribution in [0.3, 0.4) is 0 Å². The van der Waals surface area contributed by atoms with Crippen LogP contribution in [0.1, 0.15) is 9.67 Å². The van der Waals surface area contributed by atoms with Crippen LogP contribution in [0.5, 0.6) is 0 Å². The molecular weight excluding hydrogens is 284 g/mol. The number of hydrogen-bond acceptors (Lipinski definition) is 5. The Morgan fingerprint density at radius 1 is 1.53 bits per heavy atom. The van der Waals surface area contributed by atoms with Crippen LogP contribution in [0.25, 0.3) is 0 Å². The van der Waals surface area contributed by atoms with Crippen molar-refractivity contribution in [2.75, 3.05) is 7.11 Å². The van der Waals surface area contributed by atoms with Crippen molar-refractivity contribution in [2.45, 2.75) is 0 Å². The number of rotatable bonds is 3. The van der Waals surface area contributed by atoms with Gasteiger partial charge in [0.1, 0.15) is 0 Å². The third-order valence-corrected chi connectivity index (χ3v) is 3.12. The Morgan fingerprint density at radius 2 is 2.20 bits per heavy atom. The molecule has 1 rings (SSSR count). The van der Waals surface area contributed by atoms with E-state index in [0.29, 0.717) is 4.88 Å². The minimum absolute atomic E-state index is 0.428. The fraction of sp³-hybridized carbons (Fsp3) is 0.111. The molecule has 0 saturated heterocycles. The number of thiophene rings is 1. The van der Waals surface area contributed by atoms with Gasteiger partial charge in [-0.15, -0.1) is 11.3 Å². The molecule has 4 nitrogen and oxygen atoms in total. The quantitative estimate of drug-likeness (QED) is 0.402. The van der Waals surface area contributed by atoms with Crippen LogP contribution in [0.4, 0.5) is 0 Å². The van der Waals surface area contributed by atoms with E-state index >= 15 is 0 Å². The number of carbonyl (C=O) groups excluding carboxylic acids is 2. The van der Waals surface area contributed by atoms with Crippen LogP contribution >= 0.6 is 27.3 Å². The molecule has 1 aromatic rings. The Balaban J connectivity index is 2.83. The first kappa shape index (κ1) is 11.9. The van der Waals surface area contributed by atoms with Gasteiger partial charge < -0.3 is 9.84 Å². The minimum atomic E-state index is -0.932. The molecule has 0 spiro atoms. The fourth-order valence-corrected chi connectivity index (χ4v) is 2.10. The van der Waals surface area contributed by atoms with Gasteiger partial charge in [0.15, 0.2) is 5.78 Å². The molecule has 80 valence electrons. The monoisotopic (exact) mass is 290 g/mol. The molecule has 1 heterocycles. The maximum atomic E-state index is 11.4. The lowest BCUT2D eigenvalue weighted by Gasteiger charge is -1.95.